The number of rotatable bonds is 5. The Morgan fingerprint density at radius 2 is 1.97 bits per heavy atom. The summed E-state index contributed by atoms with van der Waals surface area (Å²) >= 11 is 0. The Bertz CT molecular complexity index is 1120. The number of fused-ring (bicyclic) bond motifs is 1. The van der Waals surface area contributed by atoms with Gasteiger partial charge in [0.1, 0.15) is 11.9 Å². The highest BCUT2D eigenvalue weighted by Gasteiger charge is 2.33. The predicted molar refractivity (Wildman–Crippen MR) is 118 cm³/mol. The summed E-state index contributed by atoms with van der Waals surface area (Å²) in [5, 5.41) is 14.5. The number of aromatic nitrogens is 2. The molecule has 1 aliphatic carbocycles. The third-order valence-electron chi connectivity index (χ3n) is 6.32. The maximum absolute atomic E-state index is 13.2. The lowest BCUT2D eigenvalue weighted by Crippen LogP contribution is -2.27. The van der Waals surface area contributed by atoms with Gasteiger partial charge in [-0.1, -0.05) is 36.4 Å². The van der Waals surface area contributed by atoms with Crippen LogP contribution in [-0.2, 0) is 20.1 Å². The number of aryl methyl sites for hydroxylation is 2. The van der Waals surface area contributed by atoms with Gasteiger partial charge in [0.25, 0.3) is 5.91 Å². The summed E-state index contributed by atoms with van der Waals surface area (Å²) in [4.78, 5) is 15.0. The summed E-state index contributed by atoms with van der Waals surface area (Å²) in [6.07, 6.45) is 3.88. The topological polar surface area (TPSA) is 67.6 Å². The van der Waals surface area contributed by atoms with E-state index in [0.717, 1.165) is 47.2 Å². The molecule has 0 bridgehead atoms. The Morgan fingerprint density at radius 1 is 1.16 bits per heavy atom. The van der Waals surface area contributed by atoms with Gasteiger partial charge in [0, 0.05) is 31.9 Å². The first-order valence-electron chi connectivity index (χ1n) is 10.8. The largest absolute Gasteiger partial charge is 0.487 e. The number of hydrogen-bond donors (Lipinski definition) is 1. The molecule has 1 aromatic heterocycles. The van der Waals surface area contributed by atoms with E-state index in [9.17, 15) is 9.90 Å². The van der Waals surface area contributed by atoms with Crippen molar-refractivity contribution in [2.45, 2.75) is 51.5 Å². The van der Waals surface area contributed by atoms with Crippen LogP contribution in [0.25, 0.3) is 11.1 Å². The van der Waals surface area contributed by atoms with Gasteiger partial charge in [-0.05, 0) is 48.9 Å². The average molecular weight is 418 g/mol. The lowest BCUT2D eigenvalue weighted by atomic mass is 10.0. The summed E-state index contributed by atoms with van der Waals surface area (Å²) < 4.78 is 7.89. The molecule has 1 saturated carbocycles. The van der Waals surface area contributed by atoms with Crippen LogP contribution >= 0.6 is 0 Å². The third-order valence-corrected chi connectivity index (χ3v) is 6.32. The maximum Gasteiger partial charge on any atom is 0.258 e. The van der Waals surface area contributed by atoms with E-state index in [0.29, 0.717) is 24.4 Å². The molecule has 5 rings (SSSR count). The fourth-order valence-electron chi connectivity index (χ4n) is 4.71. The molecule has 0 radical (unpaired) electrons. The molecule has 2 aromatic carbocycles. The van der Waals surface area contributed by atoms with Crippen LogP contribution in [0, 0.1) is 6.92 Å². The van der Waals surface area contributed by atoms with E-state index in [-0.39, 0.29) is 12.0 Å². The first-order valence-corrected chi connectivity index (χ1v) is 10.8. The number of ether oxygens (including phenoxy) is 1. The van der Waals surface area contributed by atoms with Crippen LogP contribution in [-0.4, -0.2) is 37.9 Å². The molecule has 0 saturated heterocycles. The molecule has 1 N–H and O–H groups in total. The SMILES string of the molecule is Cc1nn(C)cc1-c1ccc(CN2Cc3cccc(O[C@@H]4CCC[C@H]4O)c3C2=O)cc1. The number of carbonyl (C=O) groups is 1. The van der Waals surface area contributed by atoms with Crippen LogP contribution < -0.4 is 4.74 Å². The molecule has 1 fully saturated rings. The Morgan fingerprint density at radius 3 is 2.65 bits per heavy atom. The Labute approximate surface area is 182 Å². The van der Waals surface area contributed by atoms with Gasteiger partial charge in [-0.25, -0.2) is 0 Å². The summed E-state index contributed by atoms with van der Waals surface area (Å²) in [6, 6.07) is 14.1. The molecule has 2 aliphatic rings. The molecule has 1 aliphatic heterocycles. The van der Waals surface area contributed by atoms with E-state index in [4.69, 9.17) is 4.74 Å². The second kappa shape index (κ2) is 7.85. The van der Waals surface area contributed by atoms with E-state index in [1.165, 1.54) is 0 Å². The fraction of sp³-hybridized carbons (Fsp3) is 0.360. The quantitative estimate of drug-likeness (QED) is 0.685. The smallest absolute Gasteiger partial charge is 0.258 e. The van der Waals surface area contributed by atoms with Crippen molar-refractivity contribution < 1.29 is 14.6 Å². The molecule has 6 nitrogen and oxygen atoms in total. The van der Waals surface area contributed by atoms with Gasteiger partial charge < -0.3 is 14.7 Å². The van der Waals surface area contributed by atoms with Gasteiger partial charge in [-0.15, -0.1) is 0 Å². The zero-order valence-electron chi connectivity index (χ0n) is 17.9. The minimum Gasteiger partial charge on any atom is -0.487 e. The van der Waals surface area contributed by atoms with Crippen LogP contribution in [0.5, 0.6) is 5.75 Å². The second-order valence-electron chi connectivity index (χ2n) is 8.60. The van der Waals surface area contributed by atoms with E-state index in [1.807, 2.05) is 47.9 Å². The molecule has 3 aromatic rings. The Balaban J connectivity index is 1.32. The van der Waals surface area contributed by atoms with Gasteiger partial charge >= 0.3 is 0 Å². The first-order chi connectivity index (χ1) is 15.0. The number of aliphatic hydroxyl groups is 1. The molecule has 0 unspecified atom stereocenters. The normalized spacial score (nSPS) is 20.4. The summed E-state index contributed by atoms with van der Waals surface area (Å²) in [6.45, 7) is 3.13. The van der Waals surface area contributed by atoms with Crippen LogP contribution in [0.4, 0.5) is 0 Å². The molecular formula is C25H27N3O3. The zero-order chi connectivity index (χ0) is 21.5. The Hall–Kier alpha value is -3.12. The number of nitrogens with zero attached hydrogens (tertiary/aromatic N) is 3. The number of carbonyl (C=O) groups excluding carboxylic acids is 1. The van der Waals surface area contributed by atoms with Gasteiger partial charge in [0.15, 0.2) is 0 Å². The molecular weight excluding hydrogens is 390 g/mol. The minimum absolute atomic E-state index is 0.00901. The number of hydrogen-bond acceptors (Lipinski definition) is 4. The molecule has 2 atom stereocenters. The summed E-state index contributed by atoms with van der Waals surface area (Å²) in [5.41, 5.74) is 5.95. The highest BCUT2D eigenvalue weighted by Crippen LogP contribution is 2.34. The minimum atomic E-state index is -0.453. The standard InChI is InChI=1S/C25H27N3O3/c1-16-20(15-27(2)26-16)18-11-9-17(10-12-18)13-28-14-19-5-3-8-23(24(19)25(28)30)31-22-7-4-6-21(22)29/h3,5,8-12,15,21-22,29H,4,6-7,13-14H2,1-2H3/t21-,22-/m1/s1. The van der Waals surface area contributed by atoms with Crippen molar-refractivity contribution in [3.63, 3.8) is 0 Å². The maximum atomic E-state index is 13.2. The van der Waals surface area contributed by atoms with Crippen LogP contribution in [0.1, 0.15) is 46.4 Å². The van der Waals surface area contributed by atoms with Crippen molar-refractivity contribution in [1.82, 2.24) is 14.7 Å². The number of amides is 1. The van der Waals surface area contributed by atoms with Crippen LogP contribution in [0.2, 0.25) is 0 Å². The monoisotopic (exact) mass is 417 g/mol. The molecule has 6 heteroatoms. The zero-order valence-corrected chi connectivity index (χ0v) is 17.9. The van der Waals surface area contributed by atoms with Gasteiger partial charge in [-0.2, -0.15) is 5.10 Å². The van der Waals surface area contributed by atoms with E-state index < -0.39 is 6.10 Å². The summed E-state index contributed by atoms with van der Waals surface area (Å²) in [5.74, 6) is 0.587. The lowest BCUT2D eigenvalue weighted by Gasteiger charge is -2.19. The lowest BCUT2D eigenvalue weighted by molar-refractivity contribution is 0.0582. The molecule has 160 valence electrons. The van der Waals surface area contributed by atoms with Crippen molar-refractivity contribution in [2.24, 2.45) is 7.05 Å². The van der Waals surface area contributed by atoms with Crippen molar-refractivity contribution in [3.8, 4) is 16.9 Å². The van der Waals surface area contributed by atoms with Crippen molar-refractivity contribution in [2.75, 3.05) is 0 Å². The Kier molecular flexibility index (Phi) is 5.02. The second-order valence-corrected chi connectivity index (χ2v) is 8.60. The average Bonchev–Trinajstić information content (AvgIpc) is 3.41. The number of benzene rings is 2. The van der Waals surface area contributed by atoms with Crippen molar-refractivity contribution >= 4 is 5.91 Å². The van der Waals surface area contributed by atoms with E-state index in [2.05, 4.69) is 29.4 Å². The van der Waals surface area contributed by atoms with Gasteiger partial charge in [0.05, 0.1) is 17.4 Å². The first kappa shape index (κ1) is 19.8. The van der Waals surface area contributed by atoms with Gasteiger partial charge in [0.2, 0.25) is 0 Å². The molecule has 2 heterocycles. The highest BCUT2D eigenvalue weighted by atomic mass is 16.5. The molecule has 1 amide bonds. The van der Waals surface area contributed by atoms with E-state index in [1.54, 1.807) is 0 Å². The molecule has 0 spiro atoms. The van der Waals surface area contributed by atoms with Crippen LogP contribution in [0.3, 0.4) is 0 Å². The summed E-state index contributed by atoms with van der Waals surface area (Å²) in [7, 11) is 1.92. The van der Waals surface area contributed by atoms with Crippen molar-refractivity contribution in [3.05, 3.63) is 71.0 Å². The van der Waals surface area contributed by atoms with Crippen LogP contribution in [0.15, 0.2) is 48.7 Å². The third kappa shape index (κ3) is 3.72. The predicted octanol–water partition coefficient (Wildman–Crippen LogP) is 3.84. The van der Waals surface area contributed by atoms with Crippen molar-refractivity contribution in [1.29, 1.82) is 0 Å². The highest BCUT2D eigenvalue weighted by molar-refractivity contribution is 6.01. The van der Waals surface area contributed by atoms with Gasteiger partial charge in [-0.3, -0.25) is 9.48 Å². The fourth-order valence-corrected chi connectivity index (χ4v) is 4.71. The molecule has 31 heavy (non-hydrogen) atoms. The van der Waals surface area contributed by atoms with E-state index >= 15 is 0 Å². The number of aliphatic hydroxyl groups excluding tert-OH is 1.